The van der Waals surface area contributed by atoms with Crippen LogP contribution in [0, 0.1) is 0 Å². The van der Waals surface area contributed by atoms with Crippen LogP contribution in [-0.4, -0.2) is 76.1 Å². The molecule has 3 aromatic rings. The van der Waals surface area contributed by atoms with Crippen molar-refractivity contribution in [2.45, 2.75) is 37.6 Å². The molecule has 1 aromatic heterocycles. The molecule has 4 rings (SSSR count). The van der Waals surface area contributed by atoms with Crippen LogP contribution in [0.5, 0.6) is 0 Å². The van der Waals surface area contributed by atoms with Crippen molar-refractivity contribution in [3.63, 3.8) is 0 Å². The first-order valence-corrected chi connectivity index (χ1v) is 15.2. The number of rotatable bonds is 12. The summed E-state index contributed by atoms with van der Waals surface area (Å²) in [6.07, 6.45) is -2.12. The number of oxime groups is 1. The van der Waals surface area contributed by atoms with Gasteiger partial charge in [0.2, 0.25) is 5.60 Å². The van der Waals surface area contributed by atoms with Gasteiger partial charge in [-0.3, -0.25) is 9.59 Å². The number of nitrogens with one attached hydrogen (secondary N) is 1. The maximum atomic E-state index is 13.4. The zero-order valence-corrected chi connectivity index (χ0v) is 28.3. The van der Waals surface area contributed by atoms with E-state index in [1.165, 1.54) is 19.2 Å². The van der Waals surface area contributed by atoms with Gasteiger partial charge < -0.3 is 35.6 Å². The molecule has 0 saturated carbocycles. The maximum Gasteiger partial charge on any atom is 1.00 e. The molecule has 0 radical (unpaired) electrons. The number of benzene rings is 2. The molecule has 2 atom stereocenters. The summed E-state index contributed by atoms with van der Waals surface area (Å²) in [5.41, 5.74) is 9.53. The maximum absolute atomic E-state index is 13.4. The van der Waals surface area contributed by atoms with E-state index in [1.807, 2.05) is 12.1 Å². The van der Waals surface area contributed by atoms with E-state index in [0.29, 0.717) is 11.1 Å². The van der Waals surface area contributed by atoms with Crippen LogP contribution in [0.4, 0.5) is 9.93 Å². The molecule has 1 aliphatic rings. The zero-order chi connectivity index (χ0) is 32.9. The first-order valence-electron chi connectivity index (χ1n) is 13.0. The van der Waals surface area contributed by atoms with Gasteiger partial charge in [-0.25, -0.2) is 27.3 Å². The average Bonchev–Trinajstić information content (AvgIpc) is 3.42. The number of aromatic nitrogens is 1. The third kappa shape index (κ3) is 8.59. The van der Waals surface area contributed by atoms with Gasteiger partial charge in [0.1, 0.15) is 24.4 Å². The quantitative estimate of drug-likeness (QED) is 0.0461. The second-order valence-corrected chi connectivity index (χ2v) is 12.1. The molecule has 2 unspecified atom stereocenters. The molecule has 46 heavy (non-hydrogen) atoms. The topological polar surface area (TPSA) is 246 Å². The van der Waals surface area contributed by atoms with Crippen molar-refractivity contribution in [2.75, 3.05) is 12.3 Å². The van der Waals surface area contributed by atoms with Crippen molar-refractivity contribution in [3.05, 3.63) is 82.9 Å². The molecule has 0 aliphatic carbocycles. The number of amides is 3. The monoisotopic (exact) mass is 682 g/mol. The van der Waals surface area contributed by atoms with E-state index in [0.717, 1.165) is 11.3 Å². The fourth-order valence-electron chi connectivity index (χ4n) is 4.12. The van der Waals surface area contributed by atoms with Gasteiger partial charge in [0.25, 0.3) is 11.8 Å². The van der Waals surface area contributed by atoms with Crippen LogP contribution in [0.1, 0.15) is 36.8 Å². The summed E-state index contributed by atoms with van der Waals surface area (Å²) in [6.45, 7) is 1.88. The minimum atomic E-state index is -5.32. The van der Waals surface area contributed by atoms with Crippen LogP contribution in [0.25, 0.3) is 0 Å². The van der Waals surface area contributed by atoms with E-state index in [9.17, 15) is 32.1 Å². The van der Waals surface area contributed by atoms with Gasteiger partial charge in [-0.1, -0.05) is 65.8 Å². The van der Waals surface area contributed by atoms with E-state index in [-0.39, 0.29) is 44.7 Å². The number of nitrogens with two attached hydrogens (primary N) is 2. The fourth-order valence-corrected chi connectivity index (χ4v) is 5.52. The Kier molecular flexibility index (Phi) is 11.9. The predicted molar refractivity (Wildman–Crippen MR) is 157 cm³/mol. The number of carbonyl (C=O) groups excluding carboxylic acids is 4. The van der Waals surface area contributed by atoms with Crippen LogP contribution >= 0.6 is 11.3 Å². The molecule has 16 nitrogen and oxygen atoms in total. The van der Waals surface area contributed by atoms with Crippen molar-refractivity contribution >= 4 is 56.4 Å². The van der Waals surface area contributed by atoms with Gasteiger partial charge in [-0.05, 0) is 25.0 Å². The SMILES string of the molecule is CC(C)(ON=C(C(=O)NC1C(=O)N(S(=O)(=O)[O-])C1COC(N)=O)c1csc(N)n1)C(=O)OC(c1ccccc1)c1ccccc1.[Na+]. The number of primary amides is 1. The minimum Gasteiger partial charge on any atom is -0.731 e. The van der Waals surface area contributed by atoms with Crippen molar-refractivity contribution < 1.29 is 76.0 Å². The normalized spacial score (nSPS) is 16.6. The summed E-state index contributed by atoms with van der Waals surface area (Å²) in [5, 5.41) is 7.44. The smallest absolute Gasteiger partial charge is 0.731 e. The predicted octanol–water partition coefficient (Wildman–Crippen LogP) is -2.19. The number of hydrogen-bond acceptors (Lipinski definition) is 14. The van der Waals surface area contributed by atoms with Gasteiger partial charge in [0, 0.05) is 5.38 Å². The Morgan fingerprint density at radius 2 is 1.67 bits per heavy atom. The van der Waals surface area contributed by atoms with Crippen molar-refractivity contribution in [2.24, 2.45) is 10.9 Å². The van der Waals surface area contributed by atoms with Crippen LogP contribution in [0.2, 0.25) is 0 Å². The summed E-state index contributed by atoms with van der Waals surface area (Å²) >= 11 is 0.940. The van der Waals surface area contributed by atoms with Crippen LogP contribution in [0.3, 0.4) is 0 Å². The molecule has 1 fully saturated rings. The second-order valence-electron chi connectivity index (χ2n) is 9.96. The third-order valence-electron chi connectivity index (χ3n) is 6.36. The molecular weight excluding hydrogens is 655 g/mol. The Balaban J connectivity index is 0.00000576. The van der Waals surface area contributed by atoms with E-state index in [2.05, 4.69) is 20.2 Å². The van der Waals surface area contributed by atoms with Crippen LogP contribution in [0.15, 0.2) is 71.2 Å². The summed E-state index contributed by atoms with van der Waals surface area (Å²) in [6, 6.07) is 14.7. The first kappa shape index (κ1) is 36.4. The number of carbonyl (C=O) groups is 4. The molecular formula is C27H27N6NaO10S2. The average molecular weight is 683 g/mol. The number of ether oxygens (including phenoxy) is 2. The molecule has 0 bridgehead atoms. The van der Waals surface area contributed by atoms with E-state index in [4.69, 9.17) is 21.0 Å². The number of hydrogen-bond donors (Lipinski definition) is 3. The van der Waals surface area contributed by atoms with Gasteiger partial charge in [0.15, 0.2) is 27.3 Å². The van der Waals surface area contributed by atoms with Crippen molar-refractivity contribution in [1.29, 1.82) is 0 Å². The van der Waals surface area contributed by atoms with Crippen molar-refractivity contribution in [3.8, 4) is 0 Å². The van der Waals surface area contributed by atoms with E-state index < -0.39 is 70.3 Å². The van der Waals surface area contributed by atoms with Crippen molar-refractivity contribution in [1.82, 2.24) is 14.6 Å². The number of esters is 1. The first-order chi connectivity index (χ1) is 21.2. The summed E-state index contributed by atoms with van der Waals surface area (Å²) in [4.78, 5) is 59.8. The summed E-state index contributed by atoms with van der Waals surface area (Å²) in [5.74, 6) is -3.27. The summed E-state index contributed by atoms with van der Waals surface area (Å²) < 4.78 is 45.0. The zero-order valence-electron chi connectivity index (χ0n) is 24.7. The molecule has 1 saturated heterocycles. The molecule has 0 spiro atoms. The standard InChI is InChI=1S/C27H28N6O10S2.Na/c1-27(2,24(36)42-21(15-9-5-3-6-10-15)16-11-7-4-8-12-16)43-32-19(17-14-44-25(28)30-17)22(34)31-20-18(13-41-26(29)37)33(23(20)35)45(38,39)40;/h3-12,14,18,20-21H,13H2,1-2H3,(H2,28,30)(H2,29,37)(H,31,34)(H,38,39,40);/q;+1/p-1. The minimum absolute atomic E-state index is 0. The number of anilines is 1. The number of nitrogens with zero attached hydrogens (tertiary/aromatic N) is 3. The van der Waals surface area contributed by atoms with E-state index in [1.54, 1.807) is 48.5 Å². The Bertz CT molecular complexity index is 1680. The van der Waals surface area contributed by atoms with Gasteiger partial charge >= 0.3 is 41.6 Å². The van der Waals surface area contributed by atoms with Crippen LogP contribution < -0.4 is 46.3 Å². The largest absolute Gasteiger partial charge is 1.00 e. The molecule has 3 amide bonds. The molecule has 1 aliphatic heterocycles. The van der Waals surface area contributed by atoms with Crippen LogP contribution in [-0.2, 0) is 39.0 Å². The number of β-lactam (4-membered cyclic amide) rings is 1. The summed E-state index contributed by atoms with van der Waals surface area (Å²) in [7, 11) is -5.32. The molecule has 2 heterocycles. The Labute approximate surface area is 289 Å². The van der Waals surface area contributed by atoms with Gasteiger partial charge in [-0.2, -0.15) is 0 Å². The van der Waals surface area contributed by atoms with Gasteiger partial charge in [0.05, 0.1) is 0 Å². The Hall–Kier alpha value is -4.07. The Morgan fingerprint density at radius 3 is 2.15 bits per heavy atom. The molecule has 5 N–H and O–H groups in total. The second kappa shape index (κ2) is 15.0. The third-order valence-corrected chi connectivity index (χ3v) is 7.97. The van der Waals surface area contributed by atoms with E-state index >= 15 is 0 Å². The fraction of sp³-hybridized carbons (Fsp3) is 0.259. The molecule has 2 aromatic carbocycles. The molecule has 238 valence electrons. The molecule has 19 heteroatoms. The number of nitrogen functional groups attached to an aromatic ring is 1. The Morgan fingerprint density at radius 1 is 1.11 bits per heavy atom. The number of thiazole rings is 1. The van der Waals surface area contributed by atoms with Gasteiger partial charge in [-0.15, -0.1) is 11.3 Å².